The lowest BCUT2D eigenvalue weighted by atomic mass is 10.2. The molecule has 1 atom stereocenters. The van der Waals surface area contributed by atoms with Crippen LogP contribution in [0.1, 0.15) is 12.5 Å². The number of aromatic nitrogens is 4. The molecule has 0 unspecified atom stereocenters. The Kier molecular flexibility index (Phi) is 2.97. The Morgan fingerprint density at radius 1 is 1.44 bits per heavy atom. The van der Waals surface area contributed by atoms with Crippen LogP contribution < -0.4 is 5.56 Å². The highest BCUT2D eigenvalue weighted by molar-refractivity contribution is 5.68. The molecule has 0 bridgehead atoms. The zero-order valence-electron chi connectivity index (χ0n) is 8.50. The van der Waals surface area contributed by atoms with Gasteiger partial charge in [-0.1, -0.05) is 0 Å². The van der Waals surface area contributed by atoms with Gasteiger partial charge in [-0.3, -0.25) is 4.79 Å². The highest BCUT2D eigenvalue weighted by Gasteiger charge is 2.14. The third kappa shape index (κ3) is 1.70. The Hall–Kier alpha value is -1.73. The van der Waals surface area contributed by atoms with Crippen LogP contribution >= 0.6 is 0 Å². The molecule has 0 aliphatic carbocycles. The number of H-pyrrole nitrogens is 1. The second kappa shape index (κ2) is 4.42. The number of aliphatic hydroxyl groups is 2. The monoisotopic (exact) mass is 224 g/mol. The van der Waals surface area contributed by atoms with Crippen LogP contribution in [0.3, 0.4) is 0 Å². The summed E-state index contributed by atoms with van der Waals surface area (Å²) in [7, 11) is 0. The van der Waals surface area contributed by atoms with E-state index in [9.17, 15) is 9.90 Å². The summed E-state index contributed by atoms with van der Waals surface area (Å²) in [5.41, 5.74) is 0.333. The van der Waals surface area contributed by atoms with Gasteiger partial charge in [0.1, 0.15) is 0 Å². The zero-order valence-corrected chi connectivity index (χ0v) is 8.50. The van der Waals surface area contributed by atoms with E-state index in [1.807, 2.05) is 0 Å². The fraction of sp³-hybridized carbons (Fsp3) is 0.444. The summed E-state index contributed by atoms with van der Waals surface area (Å²) < 4.78 is 1.60. The van der Waals surface area contributed by atoms with Gasteiger partial charge >= 0.3 is 0 Å². The predicted octanol–water partition coefficient (Wildman–Crippen LogP) is -0.965. The maximum absolute atomic E-state index is 11.4. The summed E-state index contributed by atoms with van der Waals surface area (Å²) in [6.07, 6.45) is 3.12. The van der Waals surface area contributed by atoms with Gasteiger partial charge in [0.25, 0.3) is 5.56 Å². The van der Waals surface area contributed by atoms with Gasteiger partial charge in [-0.2, -0.15) is 0 Å². The van der Waals surface area contributed by atoms with Crippen molar-refractivity contribution >= 4 is 11.2 Å². The van der Waals surface area contributed by atoms with Crippen molar-refractivity contribution in [3.63, 3.8) is 0 Å². The minimum atomic E-state index is -0.315. The van der Waals surface area contributed by atoms with Gasteiger partial charge in [-0.25, -0.2) is 9.97 Å². The molecular weight excluding hydrogens is 212 g/mol. The minimum absolute atomic E-state index is 0.0475. The summed E-state index contributed by atoms with van der Waals surface area (Å²) in [4.78, 5) is 21.7. The molecule has 0 aliphatic heterocycles. The average Bonchev–Trinajstić information content (AvgIpc) is 2.71. The standard InChI is InChI=1S/C9H12N4O3/c14-2-1-6(3-15)13-5-12-7-8(13)10-4-11-9(7)16/h4-6,14-15H,1-3H2,(H,10,11,16)/t6-/m1/s1. The Labute approximate surface area is 90.4 Å². The first kappa shape index (κ1) is 10.8. The number of imidazole rings is 1. The minimum Gasteiger partial charge on any atom is -0.396 e. The molecule has 0 radical (unpaired) electrons. The Morgan fingerprint density at radius 3 is 2.94 bits per heavy atom. The molecule has 0 amide bonds. The first-order valence-corrected chi connectivity index (χ1v) is 4.90. The fourth-order valence-corrected chi connectivity index (χ4v) is 1.60. The van der Waals surface area contributed by atoms with Crippen LogP contribution in [0.5, 0.6) is 0 Å². The van der Waals surface area contributed by atoms with E-state index in [1.165, 1.54) is 12.7 Å². The molecule has 0 spiro atoms. The molecule has 2 aromatic heterocycles. The number of hydrogen-bond donors (Lipinski definition) is 3. The van der Waals surface area contributed by atoms with Gasteiger partial charge in [-0.05, 0) is 6.42 Å². The molecule has 7 heteroatoms. The van der Waals surface area contributed by atoms with Crippen LogP contribution in [0.2, 0.25) is 0 Å². The zero-order chi connectivity index (χ0) is 11.5. The molecule has 16 heavy (non-hydrogen) atoms. The molecule has 0 saturated carbocycles. The number of rotatable bonds is 4. The van der Waals surface area contributed by atoms with Crippen LogP contribution in [-0.2, 0) is 0 Å². The molecule has 3 N–H and O–H groups in total. The van der Waals surface area contributed by atoms with Crippen molar-refractivity contribution in [1.82, 2.24) is 19.5 Å². The van der Waals surface area contributed by atoms with Crippen molar-refractivity contribution in [3.05, 3.63) is 23.0 Å². The average molecular weight is 224 g/mol. The maximum atomic E-state index is 11.4. The number of nitrogens with one attached hydrogen (secondary N) is 1. The quantitative estimate of drug-likeness (QED) is 0.620. The van der Waals surface area contributed by atoms with Gasteiger partial charge in [0.2, 0.25) is 0 Å². The smallest absolute Gasteiger partial charge is 0.278 e. The van der Waals surface area contributed by atoms with Gasteiger partial charge in [0.05, 0.1) is 25.3 Å². The topological polar surface area (TPSA) is 104 Å². The van der Waals surface area contributed by atoms with E-state index >= 15 is 0 Å². The number of fused-ring (bicyclic) bond motifs is 1. The van der Waals surface area contributed by atoms with Crippen LogP contribution in [0.25, 0.3) is 11.2 Å². The molecule has 86 valence electrons. The van der Waals surface area contributed by atoms with Gasteiger partial charge in [0, 0.05) is 6.61 Å². The van der Waals surface area contributed by atoms with Gasteiger partial charge < -0.3 is 19.8 Å². The van der Waals surface area contributed by atoms with E-state index in [2.05, 4.69) is 15.0 Å². The summed E-state index contributed by atoms with van der Waals surface area (Å²) in [6, 6.07) is -0.315. The highest BCUT2D eigenvalue weighted by atomic mass is 16.3. The van der Waals surface area contributed by atoms with E-state index in [-0.39, 0.29) is 30.3 Å². The first-order valence-electron chi connectivity index (χ1n) is 4.90. The van der Waals surface area contributed by atoms with Crippen molar-refractivity contribution in [1.29, 1.82) is 0 Å². The Morgan fingerprint density at radius 2 is 2.25 bits per heavy atom. The Balaban J connectivity index is 2.52. The van der Waals surface area contributed by atoms with Crippen LogP contribution in [0.4, 0.5) is 0 Å². The van der Waals surface area contributed by atoms with Crippen molar-refractivity contribution in [2.45, 2.75) is 12.5 Å². The van der Waals surface area contributed by atoms with E-state index in [1.54, 1.807) is 4.57 Å². The summed E-state index contributed by atoms with van der Waals surface area (Å²) >= 11 is 0. The highest BCUT2D eigenvalue weighted by Crippen LogP contribution is 2.15. The molecule has 0 saturated heterocycles. The van der Waals surface area contributed by atoms with Crippen LogP contribution in [-0.4, -0.2) is 42.9 Å². The van der Waals surface area contributed by atoms with Crippen LogP contribution in [0.15, 0.2) is 17.4 Å². The maximum Gasteiger partial charge on any atom is 0.278 e. The second-order valence-electron chi connectivity index (χ2n) is 3.40. The lowest BCUT2D eigenvalue weighted by Gasteiger charge is -2.14. The number of aromatic amines is 1. The molecule has 2 heterocycles. The largest absolute Gasteiger partial charge is 0.396 e. The van der Waals surface area contributed by atoms with E-state index in [0.29, 0.717) is 12.1 Å². The van der Waals surface area contributed by atoms with E-state index in [0.717, 1.165) is 0 Å². The molecular formula is C9H12N4O3. The molecule has 0 fully saturated rings. The van der Waals surface area contributed by atoms with Crippen molar-refractivity contribution in [3.8, 4) is 0 Å². The lowest BCUT2D eigenvalue weighted by Crippen LogP contribution is -2.15. The van der Waals surface area contributed by atoms with Gasteiger partial charge in [0.15, 0.2) is 11.2 Å². The molecule has 0 aliphatic rings. The van der Waals surface area contributed by atoms with Crippen molar-refractivity contribution in [2.24, 2.45) is 0 Å². The number of aliphatic hydroxyl groups excluding tert-OH is 2. The normalized spacial score (nSPS) is 13.1. The third-order valence-corrected chi connectivity index (χ3v) is 2.43. The van der Waals surface area contributed by atoms with Crippen molar-refractivity contribution < 1.29 is 10.2 Å². The molecule has 2 aromatic rings. The first-order chi connectivity index (χ1) is 7.77. The van der Waals surface area contributed by atoms with Crippen molar-refractivity contribution in [2.75, 3.05) is 13.2 Å². The fourth-order valence-electron chi connectivity index (χ4n) is 1.60. The second-order valence-corrected chi connectivity index (χ2v) is 3.40. The molecule has 7 nitrogen and oxygen atoms in total. The van der Waals surface area contributed by atoms with Crippen LogP contribution in [0, 0.1) is 0 Å². The summed E-state index contributed by atoms with van der Waals surface area (Å²) in [5, 5.41) is 18.0. The molecule has 0 aromatic carbocycles. The predicted molar refractivity (Wildman–Crippen MR) is 56.0 cm³/mol. The Bertz CT molecular complexity index is 533. The lowest BCUT2D eigenvalue weighted by molar-refractivity contribution is 0.188. The van der Waals surface area contributed by atoms with E-state index < -0.39 is 0 Å². The number of hydrogen-bond acceptors (Lipinski definition) is 5. The summed E-state index contributed by atoms with van der Waals surface area (Å²) in [6.45, 7) is -0.186. The third-order valence-electron chi connectivity index (χ3n) is 2.43. The van der Waals surface area contributed by atoms with E-state index in [4.69, 9.17) is 5.11 Å². The summed E-state index contributed by atoms with van der Waals surface area (Å²) in [5.74, 6) is 0. The van der Waals surface area contributed by atoms with Gasteiger partial charge in [-0.15, -0.1) is 0 Å². The number of nitrogens with zero attached hydrogens (tertiary/aromatic N) is 3. The SMILES string of the molecule is O=c1[nH]cnc2c1ncn2[C@@H](CO)CCO. The molecule has 2 rings (SSSR count).